The third kappa shape index (κ3) is 3.58. The summed E-state index contributed by atoms with van der Waals surface area (Å²) < 4.78 is 12.7. The van der Waals surface area contributed by atoms with Crippen LogP contribution >= 0.6 is 0 Å². The van der Waals surface area contributed by atoms with Crippen molar-refractivity contribution in [3.05, 3.63) is 59.4 Å². The number of hydrogen-bond donors (Lipinski definition) is 1. The molecule has 0 aliphatic rings. The number of aromatic nitrogens is 2. The second kappa shape index (κ2) is 6.04. The number of hydrogen-bond acceptors (Lipinski definition) is 3. The van der Waals surface area contributed by atoms with E-state index in [0.29, 0.717) is 24.2 Å². The number of benzene rings is 1. The first-order chi connectivity index (χ1) is 9.16. The summed E-state index contributed by atoms with van der Waals surface area (Å²) in [5.41, 5.74) is 2.10. The van der Waals surface area contributed by atoms with Crippen LogP contribution in [-0.4, -0.2) is 22.4 Å². The second-order valence-corrected chi connectivity index (χ2v) is 4.15. The Morgan fingerprint density at radius 2 is 2.05 bits per heavy atom. The van der Waals surface area contributed by atoms with Crippen molar-refractivity contribution < 1.29 is 9.18 Å². The molecule has 5 heteroatoms. The smallest absolute Gasteiger partial charge is 0.254 e. The van der Waals surface area contributed by atoms with Crippen molar-refractivity contribution in [2.75, 3.05) is 6.54 Å². The van der Waals surface area contributed by atoms with Gasteiger partial charge in [0.05, 0.1) is 11.3 Å². The van der Waals surface area contributed by atoms with Gasteiger partial charge in [0.2, 0.25) is 0 Å². The minimum absolute atomic E-state index is 0.194. The first kappa shape index (κ1) is 13.1. The number of nitrogens with one attached hydrogen (secondary N) is 1. The fourth-order valence-corrected chi connectivity index (χ4v) is 1.68. The molecule has 0 atom stereocenters. The molecule has 1 aromatic heterocycles. The molecular formula is C14H14FN3O. The van der Waals surface area contributed by atoms with Gasteiger partial charge in [-0.25, -0.2) is 14.4 Å². The van der Waals surface area contributed by atoms with Gasteiger partial charge in [-0.05, 0) is 31.0 Å². The van der Waals surface area contributed by atoms with Crippen LogP contribution in [0.15, 0.2) is 36.8 Å². The monoisotopic (exact) mass is 259 g/mol. The molecule has 0 radical (unpaired) electrons. The normalized spacial score (nSPS) is 10.2. The summed E-state index contributed by atoms with van der Waals surface area (Å²) >= 11 is 0. The van der Waals surface area contributed by atoms with Gasteiger partial charge < -0.3 is 5.32 Å². The van der Waals surface area contributed by atoms with Crippen molar-refractivity contribution in [1.29, 1.82) is 0 Å². The van der Waals surface area contributed by atoms with Crippen LogP contribution in [0.4, 0.5) is 4.39 Å². The van der Waals surface area contributed by atoms with Crippen LogP contribution in [0.1, 0.15) is 21.6 Å². The number of carbonyl (C=O) groups is 1. The first-order valence-corrected chi connectivity index (χ1v) is 5.96. The molecule has 0 aliphatic heterocycles. The predicted molar refractivity (Wildman–Crippen MR) is 69.2 cm³/mol. The topological polar surface area (TPSA) is 54.9 Å². The van der Waals surface area contributed by atoms with Crippen LogP contribution in [0.25, 0.3) is 0 Å². The van der Waals surface area contributed by atoms with Crippen LogP contribution in [0.5, 0.6) is 0 Å². The molecule has 0 spiro atoms. The van der Waals surface area contributed by atoms with Crippen molar-refractivity contribution in [2.24, 2.45) is 0 Å². The van der Waals surface area contributed by atoms with Gasteiger partial charge in [-0.15, -0.1) is 0 Å². The van der Waals surface area contributed by atoms with E-state index in [9.17, 15) is 9.18 Å². The van der Waals surface area contributed by atoms with Gasteiger partial charge in [-0.1, -0.05) is 12.1 Å². The maximum atomic E-state index is 12.7. The minimum Gasteiger partial charge on any atom is -0.352 e. The molecule has 0 saturated carbocycles. The van der Waals surface area contributed by atoms with Gasteiger partial charge >= 0.3 is 0 Å². The number of halogens is 1. The maximum absolute atomic E-state index is 12.7. The number of aryl methyl sites for hydroxylation is 1. The van der Waals surface area contributed by atoms with Crippen LogP contribution in [0.3, 0.4) is 0 Å². The lowest BCUT2D eigenvalue weighted by atomic mass is 10.1. The van der Waals surface area contributed by atoms with Crippen LogP contribution < -0.4 is 5.32 Å². The van der Waals surface area contributed by atoms with Crippen molar-refractivity contribution in [3.8, 4) is 0 Å². The third-order valence-corrected chi connectivity index (χ3v) is 2.77. The summed E-state index contributed by atoms with van der Waals surface area (Å²) in [5, 5.41) is 2.79. The highest BCUT2D eigenvalue weighted by atomic mass is 19.1. The molecule has 0 unspecified atom stereocenters. The van der Waals surface area contributed by atoms with Gasteiger partial charge in [0.1, 0.15) is 12.1 Å². The van der Waals surface area contributed by atoms with E-state index >= 15 is 0 Å². The highest BCUT2D eigenvalue weighted by Crippen LogP contribution is 2.04. The number of carbonyl (C=O) groups excluding carboxylic acids is 1. The third-order valence-electron chi connectivity index (χ3n) is 2.77. The molecule has 0 saturated heterocycles. The molecule has 0 aliphatic carbocycles. The van der Waals surface area contributed by atoms with E-state index in [1.807, 2.05) is 0 Å². The number of nitrogens with zero attached hydrogens (tertiary/aromatic N) is 2. The zero-order valence-electron chi connectivity index (χ0n) is 10.6. The first-order valence-electron chi connectivity index (χ1n) is 5.96. The summed E-state index contributed by atoms with van der Waals surface area (Å²) in [6.07, 6.45) is 3.55. The lowest BCUT2D eigenvalue weighted by Gasteiger charge is -2.06. The van der Waals surface area contributed by atoms with E-state index in [1.54, 1.807) is 19.1 Å². The summed E-state index contributed by atoms with van der Waals surface area (Å²) in [6.45, 7) is 2.25. The summed E-state index contributed by atoms with van der Waals surface area (Å²) in [6, 6.07) is 6.23. The fraction of sp³-hybridized carbons (Fsp3) is 0.214. The molecule has 98 valence electrons. The molecule has 1 heterocycles. The van der Waals surface area contributed by atoms with Gasteiger partial charge in [-0.2, -0.15) is 0 Å². The predicted octanol–water partition coefficient (Wildman–Crippen LogP) is 1.90. The van der Waals surface area contributed by atoms with Crippen molar-refractivity contribution in [2.45, 2.75) is 13.3 Å². The molecule has 1 N–H and O–H groups in total. The van der Waals surface area contributed by atoms with E-state index < -0.39 is 0 Å². The molecule has 0 bridgehead atoms. The standard InChI is InChI=1S/C14H14FN3O/c1-10-13(8-16-9-18-10)14(19)17-7-6-11-2-4-12(15)5-3-11/h2-5,8-9H,6-7H2,1H3,(H,17,19). The Bertz CT molecular complexity index is 569. The average molecular weight is 259 g/mol. The van der Waals surface area contributed by atoms with Crippen molar-refractivity contribution in [3.63, 3.8) is 0 Å². The molecule has 2 aromatic rings. The van der Waals surface area contributed by atoms with E-state index in [-0.39, 0.29) is 11.7 Å². The Kier molecular flexibility index (Phi) is 4.18. The van der Waals surface area contributed by atoms with Gasteiger partial charge in [0, 0.05) is 12.7 Å². The summed E-state index contributed by atoms with van der Waals surface area (Å²) in [5.74, 6) is -0.454. The molecule has 1 amide bonds. The molecule has 1 aromatic carbocycles. The van der Waals surface area contributed by atoms with Crippen molar-refractivity contribution >= 4 is 5.91 Å². The Morgan fingerprint density at radius 3 is 2.74 bits per heavy atom. The van der Waals surface area contributed by atoms with Gasteiger partial charge in [0.15, 0.2) is 0 Å². The lowest BCUT2D eigenvalue weighted by Crippen LogP contribution is -2.26. The average Bonchev–Trinajstić information content (AvgIpc) is 2.41. The minimum atomic E-state index is -0.259. The fourth-order valence-electron chi connectivity index (χ4n) is 1.68. The molecule has 0 fully saturated rings. The molecule has 19 heavy (non-hydrogen) atoms. The highest BCUT2D eigenvalue weighted by molar-refractivity contribution is 5.94. The number of amides is 1. The van der Waals surface area contributed by atoms with Gasteiger partial charge in [0.25, 0.3) is 5.91 Å². The Hall–Kier alpha value is -2.30. The van der Waals surface area contributed by atoms with Crippen LogP contribution in [0, 0.1) is 12.7 Å². The van der Waals surface area contributed by atoms with Gasteiger partial charge in [-0.3, -0.25) is 4.79 Å². The SMILES string of the molecule is Cc1ncncc1C(=O)NCCc1ccc(F)cc1. The van der Waals surface area contributed by atoms with Crippen LogP contribution in [0.2, 0.25) is 0 Å². The Labute approximate surface area is 110 Å². The van der Waals surface area contributed by atoms with Crippen LogP contribution in [-0.2, 0) is 6.42 Å². The van der Waals surface area contributed by atoms with E-state index in [1.165, 1.54) is 24.7 Å². The molecular weight excluding hydrogens is 245 g/mol. The lowest BCUT2D eigenvalue weighted by molar-refractivity contribution is 0.0952. The van der Waals surface area contributed by atoms with E-state index in [2.05, 4.69) is 15.3 Å². The van der Waals surface area contributed by atoms with E-state index in [0.717, 1.165) is 5.56 Å². The Morgan fingerprint density at radius 1 is 1.32 bits per heavy atom. The van der Waals surface area contributed by atoms with Crippen molar-refractivity contribution in [1.82, 2.24) is 15.3 Å². The largest absolute Gasteiger partial charge is 0.352 e. The maximum Gasteiger partial charge on any atom is 0.254 e. The quantitative estimate of drug-likeness (QED) is 0.912. The zero-order chi connectivity index (χ0) is 13.7. The Balaban J connectivity index is 1.88. The number of rotatable bonds is 4. The summed E-state index contributed by atoms with van der Waals surface area (Å²) in [4.78, 5) is 19.7. The zero-order valence-corrected chi connectivity index (χ0v) is 10.6. The summed E-state index contributed by atoms with van der Waals surface area (Å²) in [7, 11) is 0. The van der Waals surface area contributed by atoms with E-state index in [4.69, 9.17) is 0 Å². The highest BCUT2D eigenvalue weighted by Gasteiger charge is 2.08. The second-order valence-electron chi connectivity index (χ2n) is 4.15. The molecule has 2 rings (SSSR count). The molecule has 4 nitrogen and oxygen atoms in total.